The summed E-state index contributed by atoms with van der Waals surface area (Å²) in [6.45, 7) is 2.05. The molecule has 1 unspecified atom stereocenters. The van der Waals surface area contributed by atoms with Gasteiger partial charge in [0.1, 0.15) is 12.1 Å². The number of rotatable bonds is 4. The first-order chi connectivity index (χ1) is 8.35. The lowest BCUT2D eigenvalue weighted by molar-refractivity contribution is 0.394. The first-order valence-corrected chi connectivity index (χ1v) is 6.12. The zero-order valence-electron chi connectivity index (χ0n) is 10.5. The van der Waals surface area contributed by atoms with Crippen LogP contribution in [0.1, 0.15) is 19.3 Å². The van der Waals surface area contributed by atoms with Crippen LogP contribution in [0.25, 0.3) is 0 Å². The molecule has 1 fully saturated rings. The van der Waals surface area contributed by atoms with Gasteiger partial charge in [0.25, 0.3) is 0 Å². The Hall–Kier alpha value is -1.36. The number of anilines is 1. The monoisotopic (exact) mass is 236 g/mol. The van der Waals surface area contributed by atoms with Crippen molar-refractivity contribution in [3.8, 4) is 5.88 Å². The molecule has 17 heavy (non-hydrogen) atoms. The average molecular weight is 236 g/mol. The molecule has 0 saturated carbocycles. The van der Waals surface area contributed by atoms with Gasteiger partial charge in [0.2, 0.25) is 5.88 Å². The van der Waals surface area contributed by atoms with Gasteiger partial charge in [0.15, 0.2) is 0 Å². The molecular formula is C12H20N4O. The Morgan fingerprint density at radius 1 is 1.47 bits per heavy atom. The second kappa shape index (κ2) is 5.82. The van der Waals surface area contributed by atoms with Crippen molar-refractivity contribution < 1.29 is 4.74 Å². The molecule has 1 aliphatic rings. The molecule has 1 atom stereocenters. The highest BCUT2D eigenvalue weighted by Crippen LogP contribution is 2.24. The maximum atomic E-state index is 5.15. The number of ether oxygens (including phenoxy) is 1. The van der Waals surface area contributed by atoms with Crippen molar-refractivity contribution in [2.24, 2.45) is 0 Å². The van der Waals surface area contributed by atoms with Gasteiger partial charge in [-0.3, -0.25) is 0 Å². The van der Waals surface area contributed by atoms with Crippen LogP contribution in [0.15, 0.2) is 12.4 Å². The lowest BCUT2D eigenvalue weighted by Gasteiger charge is -2.36. The Morgan fingerprint density at radius 2 is 2.35 bits per heavy atom. The molecule has 0 aromatic carbocycles. The third-order valence-electron chi connectivity index (χ3n) is 3.20. The van der Waals surface area contributed by atoms with E-state index in [4.69, 9.17) is 4.74 Å². The molecule has 2 heterocycles. The third-order valence-corrected chi connectivity index (χ3v) is 3.20. The Labute approximate surface area is 102 Å². The molecule has 5 heteroatoms. The maximum absolute atomic E-state index is 5.15. The van der Waals surface area contributed by atoms with Crippen molar-refractivity contribution in [2.75, 3.05) is 32.1 Å². The summed E-state index contributed by atoms with van der Waals surface area (Å²) in [5, 5.41) is 3.25. The second-order valence-electron chi connectivity index (χ2n) is 4.32. The van der Waals surface area contributed by atoms with Gasteiger partial charge in [-0.05, 0) is 26.3 Å². The molecule has 1 aromatic rings. The maximum Gasteiger partial charge on any atom is 0.218 e. The highest BCUT2D eigenvalue weighted by Gasteiger charge is 2.23. The van der Waals surface area contributed by atoms with Crippen molar-refractivity contribution in [2.45, 2.75) is 25.3 Å². The van der Waals surface area contributed by atoms with E-state index in [2.05, 4.69) is 20.2 Å². The van der Waals surface area contributed by atoms with Gasteiger partial charge >= 0.3 is 0 Å². The van der Waals surface area contributed by atoms with E-state index in [1.165, 1.54) is 19.3 Å². The van der Waals surface area contributed by atoms with Crippen LogP contribution in [0, 0.1) is 0 Å². The Bertz CT molecular complexity index is 356. The molecule has 0 aliphatic carbocycles. The second-order valence-corrected chi connectivity index (χ2v) is 4.32. The number of nitrogens with one attached hydrogen (secondary N) is 1. The van der Waals surface area contributed by atoms with Crippen molar-refractivity contribution >= 4 is 5.82 Å². The fraction of sp³-hybridized carbons (Fsp3) is 0.667. The van der Waals surface area contributed by atoms with Crippen LogP contribution in [-0.2, 0) is 0 Å². The summed E-state index contributed by atoms with van der Waals surface area (Å²) in [7, 11) is 3.63. The fourth-order valence-corrected chi connectivity index (χ4v) is 2.35. The van der Waals surface area contributed by atoms with Gasteiger partial charge in [-0.25, -0.2) is 9.97 Å². The van der Waals surface area contributed by atoms with Crippen LogP contribution in [0.2, 0.25) is 0 Å². The molecule has 5 nitrogen and oxygen atoms in total. The number of likely N-dealkylation sites (N-methyl/N-ethyl adjacent to an activating group) is 1. The van der Waals surface area contributed by atoms with E-state index >= 15 is 0 Å². The van der Waals surface area contributed by atoms with Crippen LogP contribution in [-0.4, -0.2) is 43.3 Å². The number of aromatic nitrogens is 2. The number of nitrogens with zero attached hydrogens (tertiary/aromatic N) is 3. The predicted octanol–water partition coefficient (Wildman–Crippen LogP) is 1.06. The molecule has 2 rings (SSSR count). The molecule has 1 N–H and O–H groups in total. The average Bonchev–Trinajstić information content (AvgIpc) is 2.40. The number of piperidine rings is 1. The summed E-state index contributed by atoms with van der Waals surface area (Å²) >= 11 is 0. The van der Waals surface area contributed by atoms with E-state index in [0.717, 1.165) is 18.9 Å². The highest BCUT2D eigenvalue weighted by atomic mass is 16.5. The van der Waals surface area contributed by atoms with E-state index in [9.17, 15) is 0 Å². The van der Waals surface area contributed by atoms with Gasteiger partial charge in [0.05, 0.1) is 7.11 Å². The standard InChI is InChI=1S/C12H20N4O/c1-13-8-10-5-3-4-6-16(10)11-7-12(17-2)15-9-14-11/h7,9-10,13H,3-6,8H2,1-2H3. The van der Waals surface area contributed by atoms with Crippen molar-refractivity contribution in [3.63, 3.8) is 0 Å². The summed E-state index contributed by atoms with van der Waals surface area (Å²) in [4.78, 5) is 10.8. The van der Waals surface area contributed by atoms with Crippen LogP contribution < -0.4 is 15.0 Å². The van der Waals surface area contributed by atoms with Crippen LogP contribution in [0.4, 0.5) is 5.82 Å². The minimum Gasteiger partial charge on any atom is -0.481 e. The van der Waals surface area contributed by atoms with Crippen LogP contribution >= 0.6 is 0 Å². The number of hydrogen-bond donors (Lipinski definition) is 1. The molecule has 0 spiro atoms. The first-order valence-electron chi connectivity index (χ1n) is 6.12. The summed E-state index contributed by atoms with van der Waals surface area (Å²) < 4.78 is 5.15. The number of hydrogen-bond acceptors (Lipinski definition) is 5. The molecule has 0 bridgehead atoms. The summed E-state index contributed by atoms with van der Waals surface area (Å²) in [5.74, 6) is 1.60. The summed E-state index contributed by atoms with van der Waals surface area (Å²) in [6, 6.07) is 2.43. The Kier molecular flexibility index (Phi) is 4.14. The highest BCUT2D eigenvalue weighted by molar-refractivity contribution is 5.42. The van der Waals surface area contributed by atoms with E-state index in [-0.39, 0.29) is 0 Å². The SMILES string of the molecule is CNCC1CCCCN1c1cc(OC)ncn1. The first kappa shape index (κ1) is 12.1. The largest absolute Gasteiger partial charge is 0.481 e. The minimum atomic E-state index is 0.522. The molecule has 1 aromatic heterocycles. The van der Waals surface area contributed by atoms with E-state index in [1.54, 1.807) is 13.4 Å². The normalized spacial score (nSPS) is 20.4. The Morgan fingerprint density at radius 3 is 3.12 bits per heavy atom. The predicted molar refractivity (Wildman–Crippen MR) is 67.5 cm³/mol. The van der Waals surface area contributed by atoms with Gasteiger partial charge in [-0.15, -0.1) is 0 Å². The zero-order chi connectivity index (χ0) is 12.1. The quantitative estimate of drug-likeness (QED) is 0.847. The molecule has 1 saturated heterocycles. The van der Waals surface area contributed by atoms with Crippen molar-refractivity contribution in [1.82, 2.24) is 15.3 Å². The van der Waals surface area contributed by atoms with Crippen molar-refractivity contribution in [1.29, 1.82) is 0 Å². The molecule has 1 aliphatic heterocycles. The minimum absolute atomic E-state index is 0.522. The third kappa shape index (κ3) is 2.85. The fourth-order valence-electron chi connectivity index (χ4n) is 2.35. The summed E-state index contributed by atoms with van der Waals surface area (Å²) in [5.41, 5.74) is 0. The zero-order valence-corrected chi connectivity index (χ0v) is 10.5. The van der Waals surface area contributed by atoms with Crippen LogP contribution in [0.5, 0.6) is 5.88 Å². The topological polar surface area (TPSA) is 50.3 Å². The lowest BCUT2D eigenvalue weighted by Crippen LogP contribution is -2.45. The molecule has 0 amide bonds. The van der Waals surface area contributed by atoms with Gasteiger partial charge in [-0.2, -0.15) is 0 Å². The van der Waals surface area contributed by atoms with E-state index < -0.39 is 0 Å². The number of methoxy groups -OCH3 is 1. The molecular weight excluding hydrogens is 216 g/mol. The van der Waals surface area contributed by atoms with Gasteiger partial charge in [0, 0.05) is 25.2 Å². The molecule has 94 valence electrons. The van der Waals surface area contributed by atoms with E-state index in [1.807, 2.05) is 13.1 Å². The van der Waals surface area contributed by atoms with Gasteiger partial charge in [-0.1, -0.05) is 0 Å². The van der Waals surface area contributed by atoms with Gasteiger partial charge < -0.3 is 15.0 Å². The molecule has 0 radical (unpaired) electrons. The van der Waals surface area contributed by atoms with Crippen LogP contribution in [0.3, 0.4) is 0 Å². The lowest BCUT2D eigenvalue weighted by atomic mass is 10.0. The van der Waals surface area contributed by atoms with E-state index in [0.29, 0.717) is 11.9 Å². The summed E-state index contributed by atoms with van der Waals surface area (Å²) in [6.07, 6.45) is 5.31. The van der Waals surface area contributed by atoms with Crippen molar-refractivity contribution in [3.05, 3.63) is 12.4 Å². The smallest absolute Gasteiger partial charge is 0.218 e. The Balaban J connectivity index is 2.16.